The van der Waals surface area contributed by atoms with Gasteiger partial charge in [-0.3, -0.25) is 0 Å². The Kier molecular flexibility index (Phi) is 2.29. The van der Waals surface area contributed by atoms with Crippen LogP contribution in [-0.2, 0) is 0 Å². The second kappa shape index (κ2) is 3.30. The molecule has 2 rings (SSSR count). The molecule has 0 radical (unpaired) electrons. The number of aromatic nitrogens is 1. The van der Waals surface area contributed by atoms with Gasteiger partial charge >= 0.3 is 0 Å². The highest BCUT2D eigenvalue weighted by molar-refractivity contribution is 14.1. The van der Waals surface area contributed by atoms with Crippen molar-refractivity contribution in [1.29, 1.82) is 0 Å². The van der Waals surface area contributed by atoms with Crippen molar-refractivity contribution in [3.05, 3.63) is 19.9 Å². The predicted molar refractivity (Wildman–Crippen MR) is 61.7 cm³/mol. The molecule has 0 spiro atoms. The molecule has 2 heterocycles. The van der Waals surface area contributed by atoms with Gasteiger partial charge in [0, 0.05) is 10.9 Å². The number of hydrogen-bond donors (Lipinski definition) is 1. The molecule has 5 heteroatoms. The molecule has 0 atom stereocenters. The average Bonchev–Trinajstić information content (AvgIpc) is 2.62. The largest absolute Gasteiger partial charge is 0.380 e. The fourth-order valence-electron chi connectivity index (χ4n) is 1.05. The van der Waals surface area contributed by atoms with Crippen molar-refractivity contribution in [2.75, 3.05) is 5.73 Å². The minimum absolute atomic E-state index is 0.459. The highest BCUT2D eigenvalue weighted by Gasteiger charge is 2.15. The van der Waals surface area contributed by atoms with Crippen molar-refractivity contribution < 1.29 is 4.52 Å². The number of anilines is 1. The van der Waals surface area contributed by atoms with Crippen LogP contribution in [0, 0.1) is 10.5 Å². The summed E-state index contributed by atoms with van der Waals surface area (Å²) in [5, 5.41) is 7.83. The maximum Gasteiger partial charge on any atom is 0.183 e. The molecule has 2 aromatic heterocycles. The molecule has 2 aromatic rings. The Bertz CT molecular complexity index is 435. The van der Waals surface area contributed by atoms with E-state index in [-0.39, 0.29) is 0 Å². The summed E-state index contributed by atoms with van der Waals surface area (Å²) in [7, 11) is 0. The fourth-order valence-corrected chi connectivity index (χ4v) is 2.37. The highest BCUT2D eigenvalue weighted by atomic mass is 127. The summed E-state index contributed by atoms with van der Waals surface area (Å²) >= 11 is 3.79. The Morgan fingerprint density at radius 1 is 1.54 bits per heavy atom. The number of nitrogens with zero attached hydrogens (tertiary/aromatic N) is 1. The second-order valence-electron chi connectivity index (χ2n) is 2.68. The van der Waals surface area contributed by atoms with Gasteiger partial charge in [0.1, 0.15) is 3.57 Å². The summed E-state index contributed by atoms with van der Waals surface area (Å²) in [6.07, 6.45) is 0. The van der Waals surface area contributed by atoms with Crippen molar-refractivity contribution in [3.8, 4) is 11.3 Å². The van der Waals surface area contributed by atoms with Crippen LogP contribution in [-0.4, -0.2) is 5.16 Å². The van der Waals surface area contributed by atoms with Crippen LogP contribution >= 0.6 is 33.9 Å². The molecule has 0 aliphatic carbocycles. The van der Waals surface area contributed by atoms with Crippen LogP contribution in [0.15, 0.2) is 15.3 Å². The quantitative estimate of drug-likeness (QED) is 0.824. The molecule has 2 N–H and O–H groups in total. The van der Waals surface area contributed by atoms with E-state index in [1.54, 1.807) is 11.3 Å². The lowest BCUT2D eigenvalue weighted by molar-refractivity contribution is 0.435. The summed E-state index contributed by atoms with van der Waals surface area (Å²) < 4.78 is 6.03. The molecule has 0 bridgehead atoms. The van der Waals surface area contributed by atoms with E-state index < -0.39 is 0 Å². The zero-order chi connectivity index (χ0) is 9.42. The van der Waals surface area contributed by atoms with Crippen LogP contribution in [0.1, 0.15) is 5.56 Å². The highest BCUT2D eigenvalue weighted by Crippen LogP contribution is 2.32. The van der Waals surface area contributed by atoms with E-state index in [2.05, 4.69) is 33.1 Å². The van der Waals surface area contributed by atoms with Gasteiger partial charge in [-0.25, -0.2) is 0 Å². The van der Waals surface area contributed by atoms with E-state index in [4.69, 9.17) is 10.3 Å². The third-order valence-corrected chi connectivity index (χ3v) is 3.66. The Morgan fingerprint density at radius 2 is 2.31 bits per heavy atom. The molecule has 13 heavy (non-hydrogen) atoms. The second-order valence-corrected chi connectivity index (χ2v) is 4.50. The van der Waals surface area contributed by atoms with Gasteiger partial charge in [-0.2, -0.15) is 11.3 Å². The van der Waals surface area contributed by atoms with Crippen LogP contribution in [0.25, 0.3) is 11.3 Å². The first-order valence-electron chi connectivity index (χ1n) is 3.64. The third kappa shape index (κ3) is 1.46. The van der Waals surface area contributed by atoms with Crippen LogP contribution in [0.4, 0.5) is 5.82 Å². The number of nitrogens with two attached hydrogens (primary N) is 1. The first kappa shape index (κ1) is 9.01. The molecule has 0 aliphatic rings. The van der Waals surface area contributed by atoms with E-state index in [1.165, 1.54) is 5.56 Å². The average molecular weight is 306 g/mol. The van der Waals surface area contributed by atoms with Crippen LogP contribution in [0.5, 0.6) is 0 Å². The SMILES string of the molecule is Cc1cscc1-c1onc(N)c1I. The molecule has 0 amide bonds. The lowest BCUT2D eigenvalue weighted by atomic mass is 10.2. The zero-order valence-electron chi connectivity index (χ0n) is 6.87. The normalized spacial score (nSPS) is 10.6. The summed E-state index contributed by atoms with van der Waals surface area (Å²) in [5.74, 6) is 1.23. The summed E-state index contributed by atoms with van der Waals surface area (Å²) in [6.45, 7) is 2.04. The maximum absolute atomic E-state index is 5.59. The van der Waals surface area contributed by atoms with Crippen LogP contribution < -0.4 is 5.73 Å². The Labute approximate surface area is 93.1 Å². The van der Waals surface area contributed by atoms with Gasteiger partial charge in [0.15, 0.2) is 11.6 Å². The van der Waals surface area contributed by atoms with E-state index >= 15 is 0 Å². The van der Waals surface area contributed by atoms with Crippen molar-refractivity contribution in [2.24, 2.45) is 0 Å². The number of aryl methyl sites for hydroxylation is 1. The van der Waals surface area contributed by atoms with E-state index in [1.807, 2.05) is 12.3 Å². The van der Waals surface area contributed by atoms with Crippen molar-refractivity contribution >= 4 is 39.7 Å². The predicted octanol–water partition coefficient (Wildman–Crippen LogP) is 2.90. The third-order valence-electron chi connectivity index (χ3n) is 1.76. The lowest BCUT2D eigenvalue weighted by Crippen LogP contribution is -1.86. The molecule has 3 nitrogen and oxygen atoms in total. The summed E-state index contributed by atoms with van der Waals surface area (Å²) in [5.41, 5.74) is 7.86. The van der Waals surface area contributed by atoms with E-state index in [0.717, 1.165) is 14.9 Å². The molecule has 0 saturated carbocycles. The summed E-state index contributed by atoms with van der Waals surface area (Å²) in [4.78, 5) is 0. The van der Waals surface area contributed by atoms with Crippen molar-refractivity contribution in [2.45, 2.75) is 6.92 Å². The Hall–Kier alpha value is -0.560. The van der Waals surface area contributed by atoms with E-state index in [9.17, 15) is 0 Å². The molecule has 0 aromatic carbocycles. The monoisotopic (exact) mass is 306 g/mol. The molecular weight excluding hydrogens is 299 g/mol. The standard InChI is InChI=1S/C8H7IN2OS/c1-4-2-13-3-5(4)7-6(9)8(10)11-12-7/h2-3H,1H3,(H2,10,11). The minimum atomic E-state index is 0.459. The van der Waals surface area contributed by atoms with Crippen molar-refractivity contribution in [3.63, 3.8) is 0 Å². The molecule has 0 unspecified atom stereocenters. The topological polar surface area (TPSA) is 52.0 Å². The molecule has 0 aliphatic heterocycles. The van der Waals surface area contributed by atoms with Gasteiger partial charge in [0.2, 0.25) is 0 Å². The maximum atomic E-state index is 5.59. The summed E-state index contributed by atoms with van der Waals surface area (Å²) in [6, 6.07) is 0. The van der Waals surface area contributed by atoms with Crippen LogP contribution in [0.2, 0.25) is 0 Å². The Balaban J connectivity index is 2.59. The fraction of sp³-hybridized carbons (Fsp3) is 0.125. The minimum Gasteiger partial charge on any atom is -0.380 e. The molecular formula is C8H7IN2OS. The van der Waals surface area contributed by atoms with Gasteiger partial charge in [0.25, 0.3) is 0 Å². The van der Waals surface area contributed by atoms with Gasteiger partial charge < -0.3 is 10.3 Å². The lowest BCUT2D eigenvalue weighted by Gasteiger charge is -1.93. The number of hydrogen-bond acceptors (Lipinski definition) is 4. The molecule has 0 fully saturated rings. The Morgan fingerprint density at radius 3 is 2.77 bits per heavy atom. The number of halogens is 1. The van der Waals surface area contributed by atoms with Gasteiger partial charge in [-0.1, -0.05) is 5.16 Å². The van der Waals surface area contributed by atoms with Gasteiger partial charge in [-0.05, 0) is 40.5 Å². The van der Waals surface area contributed by atoms with Gasteiger partial charge in [0.05, 0.1) is 0 Å². The number of thiophene rings is 1. The zero-order valence-corrected chi connectivity index (χ0v) is 9.85. The smallest absolute Gasteiger partial charge is 0.183 e. The van der Waals surface area contributed by atoms with Crippen molar-refractivity contribution in [1.82, 2.24) is 5.16 Å². The van der Waals surface area contributed by atoms with E-state index in [0.29, 0.717) is 5.82 Å². The number of rotatable bonds is 1. The van der Waals surface area contributed by atoms with Crippen LogP contribution in [0.3, 0.4) is 0 Å². The first-order valence-corrected chi connectivity index (χ1v) is 5.66. The first-order chi connectivity index (χ1) is 6.20. The molecule has 68 valence electrons. The molecule has 0 saturated heterocycles. The van der Waals surface area contributed by atoms with Gasteiger partial charge in [-0.15, -0.1) is 0 Å². The number of nitrogen functional groups attached to an aromatic ring is 1.